The van der Waals surface area contributed by atoms with Gasteiger partial charge in [0, 0.05) is 12.2 Å². The van der Waals surface area contributed by atoms with Crippen molar-refractivity contribution in [3.63, 3.8) is 0 Å². The molecule has 0 atom stereocenters. The van der Waals surface area contributed by atoms with Crippen LogP contribution < -0.4 is 0 Å². The predicted octanol–water partition coefficient (Wildman–Crippen LogP) is 0.278. The molecule has 0 fully saturated rings. The van der Waals surface area contributed by atoms with E-state index in [-0.39, 0.29) is 0 Å². The van der Waals surface area contributed by atoms with Crippen LogP contribution in [-0.2, 0) is 28.7 Å². The van der Waals surface area contributed by atoms with Crippen LogP contribution >= 0.6 is 0 Å². The Kier molecular flexibility index (Phi) is 6.11. The van der Waals surface area contributed by atoms with E-state index in [2.05, 4.69) is 9.47 Å². The van der Waals surface area contributed by atoms with Gasteiger partial charge in [-0.1, -0.05) is 12.2 Å². The fraction of sp³-hybridized carbons (Fsp3) is 0.200. The molecule has 0 spiro atoms. The van der Waals surface area contributed by atoms with E-state index in [1.54, 1.807) is 0 Å². The third-order valence-electron chi connectivity index (χ3n) is 1.16. The van der Waals surface area contributed by atoms with Crippen molar-refractivity contribution in [1.82, 2.24) is 0 Å². The summed E-state index contributed by atoms with van der Waals surface area (Å²) in [6, 6.07) is 0. The van der Waals surface area contributed by atoms with Gasteiger partial charge in [-0.25, -0.2) is 19.2 Å². The lowest BCUT2D eigenvalue weighted by Gasteiger charge is -1.98. The average Bonchev–Trinajstić information content (AvgIpc) is 2.17. The molecular weight excluding hydrogens is 216 g/mol. The van der Waals surface area contributed by atoms with Crippen molar-refractivity contribution in [3.05, 3.63) is 24.3 Å². The lowest BCUT2D eigenvalue weighted by Crippen LogP contribution is -2.24. The van der Waals surface area contributed by atoms with E-state index in [9.17, 15) is 19.2 Å². The van der Waals surface area contributed by atoms with Gasteiger partial charge in [-0.15, -0.1) is 0 Å². The zero-order valence-corrected chi connectivity index (χ0v) is 8.76. The van der Waals surface area contributed by atoms with Gasteiger partial charge in [-0.2, -0.15) is 0 Å². The first kappa shape index (κ1) is 13.8. The van der Waals surface area contributed by atoms with Gasteiger partial charge in [0.1, 0.15) is 0 Å². The number of esters is 4. The summed E-state index contributed by atoms with van der Waals surface area (Å²) in [5, 5.41) is 0. The molecule has 0 heterocycles. The quantitative estimate of drug-likeness (QED) is 0.291. The number of hydrogen-bond acceptors (Lipinski definition) is 6. The van der Waals surface area contributed by atoms with Gasteiger partial charge in [0.2, 0.25) is 0 Å². The number of carbonyl (C=O) groups excluding carboxylic acids is 4. The maximum absolute atomic E-state index is 10.8. The van der Waals surface area contributed by atoms with Crippen LogP contribution in [0, 0.1) is 0 Å². The molecule has 0 radical (unpaired) electrons. The second-order valence-electron chi connectivity index (χ2n) is 2.42. The van der Waals surface area contributed by atoms with Gasteiger partial charge < -0.3 is 9.47 Å². The lowest BCUT2D eigenvalue weighted by atomic mass is 10.5. The fourth-order valence-electron chi connectivity index (χ4n) is 0.606. The summed E-state index contributed by atoms with van der Waals surface area (Å²) in [6.07, 6.45) is 4.54. The molecule has 0 amide bonds. The summed E-state index contributed by atoms with van der Waals surface area (Å²) in [4.78, 5) is 43.1. The number of ether oxygens (including phenoxy) is 2. The molecule has 0 saturated heterocycles. The highest BCUT2D eigenvalue weighted by Crippen LogP contribution is 1.90. The van der Waals surface area contributed by atoms with Gasteiger partial charge in [0.15, 0.2) is 0 Å². The highest BCUT2D eigenvalue weighted by atomic mass is 16.6. The van der Waals surface area contributed by atoms with Crippen LogP contribution in [0.2, 0.25) is 0 Å². The number of hydrogen-bond donors (Lipinski definition) is 0. The van der Waals surface area contributed by atoms with E-state index >= 15 is 0 Å². The van der Waals surface area contributed by atoms with Gasteiger partial charge in [-0.05, 0) is 13.8 Å². The zero-order valence-electron chi connectivity index (χ0n) is 8.76. The molecule has 0 aliphatic rings. The van der Waals surface area contributed by atoms with Crippen molar-refractivity contribution >= 4 is 23.9 Å². The van der Waals surface area contributed by atoms with Crippen LogP contribution in [0.3, 0.4) is 0 Å². The standard InChI is InChI=1S/C10H10O6/c1-3-5-7(11)15-9(13)10(14)16-8(12)6-4-2/h3-6H,1-2H3/b5-3+,6-4+. The fourth-order valence-corrected chi connectivity index (χ4v) is 0.606. The van der Waals surface area contributed by atoms with Crippen molar-refractivity contribution < 1.29 is 28.7 Å². The molecule has 86 valence electrons. The minimum Gasteiger partial charge on any atom is -0.381 e. The molecule has 6 heteroatoms. The van der Waals surface area contributed by atoms with Crippen molar-refractivity contribution in [1.29, 1.82) is 0 Å². The Morgan fingerprint density at radius 3 is 1.31 bits per heavy atom. The molecule has 6 nitrogen and oxygen atoms in total. The zero-order chi connectivity index (χ0) is 12.6. The van der Waals surface area contributed by atoms with Crippen molar-refractivity contribution in [2.45, 2.75) is 13.8 Å². The van der Waals surface area contributed by atoms with Crippen LogP contribution in [0.4, 0.5) is 0 Å². The highest BCUT2D eigenvalue weighted by Gasteiger charge is 2.22. The topological polar surface area (TPSA) is 86.7 Å². The van der Waals surface area contributed by atoms with Crippen LogP contribution in [0.25, 0.3) is 0 Å². The van der Waals surface area contributed by atoms with E-state index in [1.807, 2.05) is 0 Å². The summed E-state index contributed by atoms with van der Waals surface area (Å²) in [7, 11) is 0. The van der Waals surface area contributed by atoms with Crippen molar-refractivity contribution in [2.24, 2.45) is 0 Å². The smallest absolute Gasteiger partial charge is 0.381 e. The Labute approximate surface area is 91.5 Å². The van der Waals surface area contributed by atoms with Crippen LogP contribution in [0.15, 0.2) is 24.3 Å². The molecule has 0 bridgehead atoms. The molecule has 0 aromatic carbocycles. The van der Waals surface area contributed by atoms with Crippen molar-refractivity contribution in [3.8, 4) is 0 Å². The maximum Gasteiger partial charge on any atom is 0.425 e. The Morgan fingerprint density at radius 1 is 0.750 bits per heavy atom. The SMILES string of the molecule is C/C=C/C(=O)OC(=O)C(=O)OC(=O)/C=C/C. The minimum absolute atomic E-state index is 0.943. The first-order chi connectivity index (χ1) is 7.51. The minimum atomic E-state index is -1.54. The van der Waals surface area contributed by atoms with E-state index in [4.69, 9.17) is 0 Å². The van der Waals surface area contributed by atoms with E-state index in [0.29, 0.717) is 0 Å². The molecule has 0 rings (SSSR count). The largest absolute Gasteiger partial charge is 0.425 e. The van der Waals surface area contributed by atoms with Gasteiger partial charge >= 0.3 is 23.9 Å². The molecular formula is C10H10O6. The molecule has 0 aliphatic carbocycles. The van der Waals surface area contributed by atoms with Gasteiger partial charge in [0.25, 0.3) is 0 Å². The van der Waals surface area contributed by atoms with Crippen LogP contribution in [0.1, 0.15) is 13.8 Å². The number of allylic oxidation sites excluding steroid dienone is 2. The Bertz CT molecular complexity index is 328. The van der Waals surface area contributed by atoms with Crippen LogP contribution in [-0.4, -0.2) is 23.9 Å². The van der Waals surface area contributed by atoms with E-state index in [1.165, 1.54) is 26.0 Å². The molecule has 0 aliphatic heterocycles. The molecule has 0 aromatic rings. The Morgan fingerprint density at radius 2 is 1.06 bits per heavy atom. The normalized spacial score (nSPS) is 10.4. The molecule has 0 saturated carbocycles. The summed E-state index contributed by atoms with van der Waals surface area (Å²) in [5.74, 6) is -5.10. The predicted molar refractivity (Wildman–Crippen MR) is 51.8 cm³/mol. The number of carbonyl (C=O) groups is 4. The third-order valence-corrected chi connectivity index (χ3v) is 1.16. The summed E-state index contributed by atoms with van der Waals surface area (Å²) in [5.41, 5.74) is 0. The second kappa shape index (κ2) is 7.10. The number of rotatable bonds is 2. The van der Waals surface area contributed by atoms with E-state index in [0.717, 1.165) is 12.2 Å². The highest BCUT2D eigenvalue weighted by molar-refractivity contribution is 6.33. The van der Waals surface area contributed by atoms with Gasteiger partial charge in [0.05, 0.1) is 0 Å². The lowest BCUT2D eigenvalue weighted by molar-refractivity contribution is -0.174. The molecule has 16 heavy (non-hydrogen) atoms. The second-order valence-corrected chi connectivity index (χ2v) is 2.42. The third kappa shape index (κ3) is 5.48. The molecule has 0 N–H and O–H groups in total. The first-order valence-electron chi connectivity index (χ1n) is 4.28. The summed E-state index contributed by atoms with van der Waals surface area (Å²) in [6.45, 7) is 3.05. The Hall–Kier alpha value is -2.24. The van der Waals surface area contributed by atoms with Crippen LogP contribution in [0.5, 0.6) is 0 Å². The van der Waals surface area contributed by atoms with Crippen molar-refractivity contribution in [2.75, 3.05) is 0 Å². The average molecular weight is 226 g/mol. The summed E-state index contributed by atoms with van der Waals surface area (Å²) >= 11 is 0. The molecule has 0 unspecified atom stereocenters. The van der Waals surface area contributed by atoms with Gasteiger partial charge in [-0.3, -0.25) is 0 Å². The Balaban J connectivity index is 4.25. The molecule has 0 aromatic heterocycles. The summed E-state index contributed by atoms with van der Waals surface area (Å²) < 4.78 is 8.03. The maximum atomic E-state index is 10.8. The van der Waals surface area contributed by atoms with E-state index < -0.39 is 23.9 Å². The first-order valence-corrected chi connectivity index (χ1v) is 4.28. The monoisotopic (exact) mass is 226 g/mol.